The Hall–Kier alpha value is -2.94. The van der Waals surface area contributed by atoms with Gasteiger partial charge in [0.15, 0.2) is 28.6 Å². The summed E-state index contributed by atoms with van der Waals surface area (Å²) in [5.74, 6) is -1.21. The summed E-state index contributed by atoms with van der Waals surface area (Å²) in [7, 11) is 0. The highest BCUT2D eigenvalue weighted by Gasteiger charge is 2.17. The van der Waals surface area contributed by atoms with Crippen LogP contribution in [0.3, 0.4) is 0 Å². The molecule has 9 heteroatoms. The Morgan fingerprint density at radius 2 is 1.93 bits per heavy atom. The molecule has 7 nitrogen and oxygen atoms in total. The smallest absolute Gasteiger partial charge is 0.320 e. The van der Waals surface area contributed by atoms with Crippen molar-refractivity contribution in [3.8, 4) is 6.01 Å². The fourth-order valence-corrected chi connectivity index (χ4v) is 2.75. The van der Waals surface area contributed by atoms with Gasteiger partial charge in [-0.1, -0.05) is 26.0 Å². The molecule has 2 heterocycles. The average Bonchev–Trinajstić information content (AvgIpc) is 2.68. The summed E-state index contributed by atoms with van der Waals surface area (Å²) in [5.41, 5.74) is 0.760. The monoisotopic (exact) mass is 389 g/mol. The quantitative estimate of drug-likeness (QED) is 0.611. The largest absolute Gasteiger partial charge is 0.458 e. The Balaban J connectivity index is 1.88. The van der Waals surface area contributed by atoms with E-state index in [1.165, 1.54) is 24.5 Å². The number of halogens is 2. The summed E-state index contributed by atoms with van der Waals surface area (Å²) in [6.07, 6.45) is 3.70. The molecule has 0 bridgehead atoms. The zero-order valence-corrected chi connectivity index (χ0v) is 15.6. The second-order valence-corrected chi connectivity index (χ2v) is 6.74. The van der Waals surface area contributed by atoms with Crippen LogP contribution in [-0.4, -0.2) is 37.7 Å². The van der Waals surface area contributed by atoms with Gasteiger partial charge in [-0.3, -0.25) is 0 Å². The lowest BCUT2D eigenvalue weighted by Gasteiger charge is -2.19. The standard InChI is InChI=1S/C19H21F2N5O2/c1-11(2)8-13(9-27)24-18-16-17(23-7-6-22-16)25-19(26-18)28-10-12-4-3-5-14(20)15(12)21/h3-7,11,13,27H,8-10H2,1-2H3,(H,23,24,25,26)/t13-/m1/s1. The van der Waals surface area contributed by atoms with Crippen LogP contribution in [0.1, 0.15) is 25.8 Å². The average molecular weight is 389 g/mol. The van der Waals surface area contributed by atoms with Crippen molar-refractivity contribution in [2.45, 2.75) is 32.9 Å². The van der Waals surface area contributed by atoms with Crippen LogP contribution in [0.2, 0.25) is 0 Å². The first kappa shape index (κ1) is 19.8. The fraction of sp³-hybridized carbons (Fsp3) is 0.368. The Morgan fingerprint density at radius 3 is 2.68 bits per heavy atom. The molecule has 148 valence electrons. The molecule has 1 atom stereocenters. The van der Waals surface area contributed by atoms with Crippen molar-refractivity contribution in [1.82, 2.24) is 19.9 Å². The van der Waals surface area contributed by atoms with Crippen molar-refractivity contribution in [3.05, 3.63) is 47.8 Å². The molecular formula is C19H21F2N5O2. The van der Waals surface area contributed by atoms with Gasteiger partial charge in [-0.05, 0) is 18.4 Å². The summed E-state index contributed by atoms with van der Waals surface area (Å²) in [4.78, 5) is 16.8. The van der Waals surface area contributed by atoms with Gasteiger partial charge < -0.3 is 15.2 Å². The number of hydrogen-bond donors (Lipinski definition) is 2. The third-order valence-electron chi connectivity index (χ3n) is 4.02. The number of nitrogens with zero attached hydrogens (tertiary/aromatic N) is 4. The van der Waals surface area contributed by atoms with Crippen LogP contribution in [0.25, 0.3) is 11.2 Å². The van der Waals surface area contributed by atoms with Crippen molar-refractivity contribution in [2.75, 3.05) is 11.9 Å². The SMILES string of the molecule is CC(C)C[C@H](CO)Nc1nc(OCc2cccc(F)c2F)nc2nccnc12. The minimum Gasteiger partial charge on any atom is -0.458 e. The van der Waals surface area contributed by atoms with Crippen LogP contribution < -0.4 is 10.1 Å². The number of anilines is 1. The van der Waals surface area contributed by atoms with Gasteiger partial charge in [-0.2, -0.15) is 9.97 Å². The number of benzene rings is 1. The molecular weight excluding hydrogens is 368 g/mol. The van der Waals surface area contributed by atoms with E-state index in [9.17, 15) is 13.9 Å². The molecule has 2 aromatic heterocycles. The summed E-state index contributed by atoms with van der Waals surface area (Å²) >= 11 is 0. The van der Waals surface area contributed by atoms with Crippen molar-refractivity contribution in [3.63, 3.8) is 0 Å². The van der Waals surface area contributed by atoms with Crippen LogP contribution in [0.5, 0.6) is 6.01 Å². The third-order valence-corrected chi connectivity index (χ3v) is 4.02. The number of ether oxygens (including phenoxy) is 1. The molecule has 3 rings (SSSR count). The summed E-state index contributed by atoms with van der Waals surface area (Å²) in [5, 5.41) is 12.8. The molecule has 1 aromatic carbocycles. The molecule has 0 aliphatic carbocycles. The van der Waals surface area contributed by atoms with E-state index in [1.54, 1.807) is 0 Å². The van der Waals surface area contributed by atoms with Gasteiger partial charge in [-0.15, -0.1) is 0 Å². The number of aliphatic hydroxyl groups is 1. The van der Waals surface area contributed by atoms with Crippen LogP contribution in [-0.2, 0) is 6.61 Å². The van der Waals surface area contributed by atoms with Crippen molar-refractivity contribution < 1.29 is 18.6 Å². The van der Waals surface area contributed by atoms with Crippen LogP contribution in [0.15, 0.2) is 30.6 Å². The second kappa shape index (κ2) is 8.83. The number of nitrogens with one attached hydrogen (secondary N) is 1. The normalized spacial score (nSPS) is 12.4. The lowest BCUT2D eigenvalue weighted by Crippen LogP contribution is -2.26. The first-order valence-electron chi connectivity index (χ1n) is 8.89. The van der Waals surface area contributed by atoms with Gasteiger partial charge in [0.05, 0.1) is 12.6 Å². The summed E-state index contributed by atoms with van der Waals surface area (Å²) in [6, 6.07) is 3.55. The minimum absolute atomic E-state index is 0.0467. The molecule has 0 aliphatic heterocycles. The molecule has 0 unspecified atom stereocenters. The topological polar surface area (TPSA) is 93.0 Å². The first-order chi connectivity index (χ1) is 13.5. The Bertz CT molecular complexity index is 955. The van der Waals surface area contributed by atoms with Crippen molar-refractivity contribution in [1.29, 1.82) is 0 Å². The molecule has 0 aliphatic rings. The molecule has 0 saturated heterocycles. The molecule has 0 saturated carbocycles. The van der Waals surface area contributed by atoms with Gasteiger partial charge in [0.1, 0.15) is 6.61 Å². The second-order valence-electron chi connectivity index (χ2n) is 6.74. The van der Waals surface area contributed by atoms with E-state index in [2.05, 4.69) is 25.3 Å². The van der Waals surface area contributed by atoms with E-state index in [-0.39, 0.29) is 36.5 Å². The van der Waals surface area contributed by atoms with E-state index in [0.29, 0.717) is 23.7 Å². The highest BCUT2D eigenvalue weighted by Crippen LogP contribution is 2.22. The molecule has 28 heavy (non-hydrogen) atoms. The predicted molar refractivity (Wildman–Crippen MR) is 99.8 cm³/mol. The van der Waals surface area contributed by atoms with Crippen LogP contribution in [0.4, 0.5) is 14.6 Å². The number of rotatable bonds is 8. The zero-order valence-electron chi connectivity index (χ0n) is 15.6. The van der Waals surface area contributed by atoms with Gasteiger partial charge in [0.25, 0.3) is 0 Å². The van der Waals surface area contributed by atoms with E-state index in [1.807, 2.05) is 13.8 Å². The Labute approximate surface area is 160 Å². The Kier molecular flexibility index (Phi) is 6.25. The number of aliphatic hydroxyl groups excluding tert-OH is 1. The molecule has 3 aromatic rings. The van der Waals surface area contributed by atoms with Gasteiger partial charge in [0.2, 0.25) is 0 Å². The van der Waals surface area contributed by atoms with Gasteiger partial charge in [-0.25, -0.2) is 18.7 Å². The molecule has 0 fully saturated rings. The lowest BCUT2D eigenvalue weighted by atomic mass is 10.0. The van der Waals surface area contributed by atoms with Crippen LogP contribution in [0, 0.1) is 17.6 Å². The molecule has 0 spiro atoms. The number of fused-ring (bicyclic) bond motifs is 1. The maximum atomic E-state index is 13.8. The lowest BCUT2D eigenvalue weighted by molar-refractivity contribution is 0.258. The van der Waals surface area contributed by atoms with Gasteiger partial charge in [0, 0.05) is 18.0 Å². The fourth-order valence-electron chi connectivity index (χ4n) is 2.75. The first-order valence-corrected chi connectivity index (χ1v) is 8.89. The van der Waals surface area contributed by atoms with Crippen molar-refractivity contribution in [2.24, 2.45) is 5.92 Å². The van der Waals surface area contributed by atoms with E-state index in [4.69, 9.17) is 4.74 Å². The van der Waals surface area contributed by atoms with E-state index < -0.39 is 11.6 Å². The Morgan fingerprint density at radius 1 is 1.14 bits per heavy atom. The van der Waals surface area contributed by atoms with E-state index in [0.717, 1.165) is 6.07 Å². The molecule has 0 radical (unpaired) electrons. The van der Waals surface area contributed by atoms with Gasteiger partial charge >= 0.3 is 6.01 Å². The maximum absolute atomic E-state index is 13.8. The predicted octanol–water partition coefficient (Wildman–Crippen LogP) is 3.10. The highest BCUT2D eigenvalue weighted by molar-refractivity contribution is 5.82. The zero-order chi connectivity index (χ0) is 20.1. The molecule has 0 amide bonds. The number of aromatic nitrogens is 4. The number of hydrogen-bond acceptors (Lipinski definition) is 7. The highest BCUT2D eigenvalue weighted by atomic mass is 19.2. The van der Waals surface area contributed by atoms with Crippen LogP contribution >= 0.6 is 0 Å². The van der Waals surface area contributed by atoms with Crippen molar-refractivity contribution >= 4 is 17.0 Å². The third kappa shape index (κ3) is 4.66. The molecule has 2 N–H and O–H groups in total. The summed E-state index contributed by atoms with van der Waals surface area (Å²) < 4.78 is 32.6. The maximum Gasteiger partial charge on any atom is 0.320 e. The minimum atomic E-state index is -0.973. The van der Waals surface area contributed by atoms with E-state index >= 15 is 0 Å². The summed E-state index contributed by atoms with van der Waals surface area (Å²) in [6.45, 7) is 3.76.